The Balaban J connectivity index is 1.85. The molecule has 1 fully saturated rings. The molecular weight excluding hydrogens is 266 g/mol. The lowest BCUT2D eigenvalue weighted by Gasteiger charge is -2.35. The van der Waals surface area contributed by atoms with Gasteiger partial charge in [0, 0.05) is 30.7 Å². The molecule has 0 bridgehead atoms. The van der Waals surface area contributed by atoms with Crippen molar-refractivity contribution in [2.24, 2.45) is 5.41 Å². The van der Waals surface area contributed by atoms with Gasteiger partial charge in [-0.25, -0.2) is 0 Å². The number of amides is 2. The molecule has 2 rings (SSSR count). The van der Waals surface area contributed by atoms with E-state index in [1.165, 1.54) is 0 Å². The normalized spacial score (nSPS) is 16.6. The molecule has 2 heterocycles. The number of likely N-dealkylation sites (tertiary alicyclic amines) is 1. The molecule has 0 aliphatic carbocycles. The van der Waals surface area contributed by atoms with Crippen LogP contribution in [-0.4, -0.2) is 40.8 Å². The molecule has 0 atom stereocenters. The Kier molecular flexibility index (Phi) is 4.60. The van der Waals surface area contributed by atoms with E-state index >= 15 is 0 Å². The summed E-state index contributed by atoms with van der Waals surface area (Å²) in [6.45, 7) is 7.20. The maximum Gasteiger partial charge on any atom is 0.270 e. The van der Waals surface area contributed by atoms with Gasteiger partial charge >= 0.3 is 0 Å². The van der Waals surface area contributed by atoms with Crippen LogP contribution in [0.2, 0.25) is 0 Å². The standard InChI is InChI=1S/C16H23N3O2/c1-16(2,3)15(21)19-10-7-12(8-11-19)18-14(20)13-6-4-5-9-17-13/h4-6,9,12H,7-8,10-11H2,1-3H3,(H,18,20). The lowest BCUT2D eigenvalue weighted by atomic mass is 9.93. The lowest BCUT2D eigenvalue weighted by molar-refractivity contribution is -0.140. The van der Waals surface area contributed by atoms with Crippen LogP contribution in [0.1, 0.15) is 44.1 Å². The fraction of sp³-hybridized carbons (Fsp3) is 0.562. The van der Waals surface area contributed by atoms with Crippen LogP contribution in [0, 0.1) is 5.41 Å². The fourth-order valence-corrected chi connectivity index (χ4v) is 2.46. The predicted octanol–water partition coefficient (Wildman–Crippen LogP) is 1.85. The van der Waals surface area contributed by atoms with Crippen LogP contribution < -0.4 is 5.32 Å². The van der Waals surface area contributed by atoms with E-state index in [-0.39, 0.29) is 23.3 Å². The number of hydrogen-bond donors (Lipinski definition) is 1. The molecule has 21 heavy (non-hydrogen) atoms. The number of piperidine rings is 1. The first-order valence-electron chi connectivity index (χ1n) is 7.39. The molecule has 5 heteroatoms. The van der Waals surface area contributed by atoms with Crippen molar-refractivity contribution in [3.05, 3.63) is 30.1 Å². The van der Waals surface area contributed by atoms with Gasteiger partial charge in [0.15, 0.2) is 0 Å². The first-order valence-corrected chi connectivity index (χ1v) is 7.39. The van der Waals surface area contributed by atoms with Crippen molar-refractivity contribution in [2.45, 2.75) is 39.7 Å². The molecule has 0 radical (unpaired) electrons. The molecule has 1 aliphatic rings. The molecular formula is C16H23N3O2. The SMILES string of the molecule is CC(C)(C)C(=O)N1CCC(NC(=O)c2ccccn2)CC1. The summed E-state index contributed by atoms with van der Waals surface area (Å²) in [5.41, 5.74) is 0.0926. The van der Waals surface area contributed by atoms with Crippen LogP contribution in [0.15, 0.2) is 24.4 Å². The highest BCUT2D eigenvalue weighted by atomic mass is 16.2. The second kappa shape index (κ2) is 6.24. The zero-order chi connectivity index (χ0) is 15.5. The summed E-state index contributed by atoms with van der Waals surface area (Å²) in [6, 6.07) is 5.40. The van der Waals surface area contributed by atoms with Crippen LogP contribution in [-0.2, 0) is 4.79 Å². The van der Waals surface area contributed by atoms with Crippen molar-refractivity contribution >= 4 is 11.8 Å². The van der Waals surface area contributed by atoms with Gasteiger partial charge in [-0.15, -0.1) is 0 Å². The van der Waals surface area contributed by atoms with E-state index in [0.29, 0.717) is 18.8 Å². The molecule has 114 valence electrons. The van der Waals surface area contributed by atoms with Crippen molar-refractivity contribution in [1.29, 1.82) is 0 Å². The Hall–Kier alpha value is -1.91. The van der Waals surface area contributed by atoms with E-state index in [4.69, 9.17) is 0 Å². The molecule has 0 aromatic carbocycles. The topological polar surface area (TPSA) is 62.3 Å². The molecule has 1 aromatic heterocycles. The average Bonchev–Trinajstić information content (AvgIpc) is 2.47. The molecule has 1 aromatic rings. The number of nitrogens with one attached hydrogen (secondary N) is 1. The van der Waals surface area contributed by atoms with Gasteiger partial charge in [-0.2, -0.15) is 0 Å². The largest absolute Gasteiger partial charge is 0.348 e. The van der Waals surface area contributed by atoms with Gasteiger partial charge in [-0.1, -0.05) is 26.8 Å². The molecule has 2 amide bonds. The number of hydrogen-bond acceptors (Lipinski definition) is 3. The number of rotatable bonds is 2. The van der Waals surface area contributed by atoms with Gasteiger partial charge in [0.05, 0.1) is 0 Å². The maximum absolute atomic E-state index is 12.2. The lowest BCUT2D eigenvalue weighted by Crippen LogP contribution is -2.49. The van der Waals surface area contributed by atoms with E-state index in [2.05, 4.69) is 10.3 Å². The Morgan fingerprint density at radius 2 is 1.90 bits per heavy atom. The number of aromatic nitrogens is 1. The minimum absolute atomic E-state index is 0.114. The summed E-state index contributed by atoms with van der Waals surface area (Å²) in [5.74, 6) is 0.0354. The molecule has 0 unspecified atom stereocenters. The predicted molar refractivity (Wildman–Crippen MR) is 80.8 cm³/mol. The highest BCUT2D eigenvalue weighted by Crippen LogP contribution is 2.21. The van der Waals surface area contributed by atoms with E-state index in [9.17, 15) is 9.59 Å². The molecule has 0 saturated carbocycles. The molecule has 1 saturated heterocycles. The van der Waals surface area contributed by atoms with Gasteiger partial charge in [0.25, 0.3) is 5.91 Å². The van der Waals surface area contributed by atoms with Crippen LogP contribution in [0.5, 0.6) is 0 Å². The third-order valence-corrected chi connectivity index (χ3v) is 3.66. The number of pyridine rings is 1. The fourth-order valence-electron chi connectivity index (χ4n) is 2.46. The molecule has 1 N–H and O–H groups in total. The molecule has 0 spiro atoms. The zero-order valence-electron chi connectivity index (χ0n) is 12.9. The maximum atomic E-state index is 12.2. The second-order valence-corrected chi connectivity index (χ2v) is 6.50. The highest BCUT2D eigenvalue weighted by Gasteiger charge is 2.30. The third kappa shape index (κ3) is 4.03. The van der Waals surface area contributed by atoms with Crippen LogP contribution in [0.3, 0.4) is 0 Å². The third-order valence-electron chi connectivity index (χ3n) is 3.66. The second-order valence-electron chi connectivity index (χ2n) is 6.50. The summed E-state index contributed by atoms with van der Waals surface area (Å²) >= 11 is 0. The van der Waals surface area contributed by atoms with E-state index in [1.807, 2.05) is 25.7 Å². The van der Waals surface area contributed by atoms with Crippen LogP contribution in [0.25, 0.3) is 0 Å². The smallest absolute Gasteiger partial charge is 0.270 e. The van der Waals surface area contributed by atoms with Crippen molar-refractivity contribution < 1.29 is 9.59 Å². The van der Waals surface area contributed by atoms with Crippen molar-refractivity contribution in [2.75, 3.05) is 13.1 Å². The molecule has 5 nitrogen and oxygen atoms in total. The van der Waals surface area contributed by atoms with E-state index in [0.717, 1.165) is 12.8 Å². The van der Waals surface area contributed by atoms with E-state index < -0.39 is 0 Å². The van der Waals surface area contributed by atoms with Gasteiger partial charge in [0.1, 0.15) is 5.69 Å². The van der Waals surface area contributed by atoms with Crippen molar-refractivity contribution in [1.82, 2.24) is 15.2 Å². The Morgan fingerprint density at radius 1 is 1.24 bits per heavy atom. The summed E-state index contributed by atoms with van der Waals surface area (Å²) in [4.78, 5) is 30.2. The average molecular weight is 289 g/mol. The Labute approximate surface area is 125 Å². The van der Waals surface area contributed by atoms with Gasteiger partial charge < -0.3 is 10.2 Å². The minimum atomic E-state index is -0.343. The first-order chi connectivity index (χ1) is 9.88. The number of nitrogens with zero attached hydrogens (tertiary/aromatic N) is 2. The van der Waals surface area contributed by atoms with E-state index in [1.54, 1.807) is 24.4 Å². The van der Waals surface area contributed by atoms with Gasteiger partial charge in [0.2, 0.25) is 5.91 Å². The van der Waals surface area contributed by atoms with Crippen LogP contribution in [0.4, 0.5) is 0 Å². The summed E-state index contributed by atoms with van der Waals surface area (Å²) in [5, 5.41) is 2.99. The monoisotopic (exact) mass is 289 g/mol. The molecule has 1 aliphatic heterocycles. The number of carbonyl (C=O) groups is 2. The van der Waals surface area contributed by atoms with Crippen molar-refractivity contribution in [3.8, 4) is 0 Å². The first kappa shape index (κ1) is 15.5. The highest BCUT2D eigenvalue weighted by molar-refractivity contribution is 5.92. The zero-order valence-corrected chi connectivity index (χ0v) is 12.9. The minimum Gasteiger partial charge on any atom is -0.348 e. The summed E-state index contributed by atoms with van der Waals surface area (Å²) in [7, 11) is 0. The van der Waals surface area contributed by atoms with Gasteiger partial charge in [-0.3, -0.25) is 14.6 Å². The van der Waals surface area contributed by atoms with Gasteiger partial charge in [-0.05, 0) is 25.0 Å². The Morgan fingerprint density at radius 3 is 2.43 bits per heavy atom. The number of carbonyl (C=O) groups excluding carboxylic acids is 2. The summed E-state index contributed by atoms with van der Waals surface area (Å²) in [6.07, 6.45) is 3.19. The van der Waals surface area contributed by atoms with Crippen molar-refractivity contribution in [3.63, 3.8) is 0 Å². The quantitative estimate of drug-likeness (QED) is 0.903. The summed E-state index contributed by atoms with van der Waals surface area (Å²) < 4.78 is 0. The Bertz CT molecular complexity index is 500. The van der Waals surface area contributed by atoms with Crippen LogP contribution >= 0.6 is 0 Å².